The number of rotatable bonds is 4. The summed E-state index contributed by atoms with van der Waals surface area (Å²) < 4.78 is 5.40. The van der Waals surface area contributed by atoms with Crippen LogP contribution in [0.5, 0.6) is 0 Å². The Bertz CT molecular complexity index is 684. The van der Waals surface area contributed by atoms with Crippen LogP contribution < -0.4 is 0 Å². The fraction of sp³-hybridized carbons (Fsp3) is 0.400. The SMILES string of the molecule is CN=C(SC)N(Cc1nc(-c2cccc(Cl)c2)no1)C1CC1. The van der Waals surface area contributed by atoms with Crippen molar-refractivity contribution in [3.8, 4) is 11.4 Å². The first-order valence-corrected chi connectivity index (χ1v) is 8.67. The van der Waals surface area contributed by atoms with Crippen molar-refractivity contribution < 1.29 is 4.52 Å². The maximum atomic E-state index is 6.00. The summed E-state index contributed by atoms with van der Waals surface area (Å²) in [5.41, 5.74) is 0.856. The van der Waals surface area contributed by atoms with Crippen LogP contribution in [0.3, 0.4) is 0 Å². The van der Waals surface area contributed by atoms with Crippen molar-refractivity contribution in [1.29, 1.82) is 0 Å². The molecule has 1 fully saturated rings. The first-order valence-electron chi connectivity index (χ1n) is 7.07. The molecule has 0 spiro atoms. The van der Waals surface area contributed by atoms with E-state index in [4.69, 9.17) is 16.1 Å². The molecule has 1 aromatic carbocycles. The van der Waals surface area contributed by atoms with Gasteiger partial charge in [0, 0.05) is 23.7 Å². The lowest BCUT2D eigenvalue weighted by atomic mass is 10.2. The maximum Gasteiger partial charge on any atom is 0.246 e. The van der Waals surface area contributed by atoms with E-state index in [0.717, 1.165) is 10.7 Å². The molecule has 1 aromatic heterocycles. The maximum absolute atomic E-state index is 6.00. The van der Waals surface area contributed by atoms with Gasteiger partial charge in [0.2, 0.25) is 11.7 Å². The highest BCUT2D eigenvalue weighted by molar-refractivity contribution is 8.13. The van der Waals surface area contributed by atoms with Crippen molar-refractivity contribution in [3.63, 3.8) is 0 Å². The Hall–Kier alpha value is -1.53. The predicted molar refractivity (Wildman–Crippen MR) is 90.2 cm³/mol. The molecule has 22 heavy (non-hydrogen) atoms. The van der Waals surface area contributed by atoms with Crippen LogP contribution in [0, 0.1) is 0 Å². The van der Waals surface area contributed by atoms with E-state index in [0.29, 0.717) is 29.3 Å². The Kier molecular flexibility index (Phi) is 4.69. The van der Waals surface area contributed by atoms with Gasteiger partial charge in [-0.15, -0.1) is 0 Å². The van der Waals surface area contributed by atoms with E-state index in [9.17, 15) is 0 Å². The molecule has 0 N–H and O–H groups in total. The summed E-state index contributed by atoms with van der Waals surface area (Å²) in [6.45, 7) is 0.589. The van der Waals surface area contributed by atoms with Gasteiger partial charge in [0.25, 0.3) is 0 Å². The number of aliphatic imine (C=N–C) groups is 1. The normalized spacial score (nSPS) is 15.1. The van der Waals surface area contributed by atoms with Gasteiger partial charge in [-0.05, 0) is 31.2 Å². The quantitative estimate of drug-likeness (QED) is 0.629. The van der Waals surface area contributed by atoms with Gasteiger partial charge in [0.05, 0.1) is 6.54 Å². The molecule has 3 rings (SSSR count). The summed E-state index contributed by atoms with van der Waals surface area (Å²) in [5, 5.41) is 5.72. The van der Waals surface area contributed by atoms with Crippen LogP contribution in [0.15, 0.2) is 33.8 Å². The summed E-state index contributed by atoms with van der Waals surface area (Å²) >= 11 is 7.64. The predicted octanol–water partition coefficient (Wildman–Crippen LogP) is 3.70. The van der Waals surface area contributed by atoms with E-state index in [1.807, 2.05) is 37.6 Å². The first-order chi connectivity index (χ1) is 10.7. The number of aromatic nitrogens is 2. The third-order valence-electron chi connectivity index (χ3n) is 3.46. The third-order valence-corrected chi connectivity index (χ3v) is 4.48. The molecular weight excluding hydrogens is 320 g/mol. The lowest BCUT2D eigenvalue weighted by Crippen LogP contribution is -2.30. The Balaban J connectivity index is 1.78. The summed E-state index contributed by atoms with van der Waals surface area (Å²) in [7, 11) is 1.81. The fourth-order valence-corrected chi connectivity index (χ4v) is 3.11. The highest BCUT2D eigenvalue weighted by Crippen LogP contribution is 2.30. The summed E-state index contributed by atoms with van der Waals surface area (Å²) in [5.74, 6) is 1.16. The minimum atomic E-state index is 0.535. The number of benzene rings is 1. The van der Waals surface area contributed by atoms with Crippen LogP contribution in [0.25, 0.3) is 11.4 Å². The lowest BCUT2D eigenvalue weighted by Gasteiger charge is -2.22. The van der Waals surface area contributed by atoms with E-state index in [-0.39, 0.29) is 0 Å². The van der Waals surface area contributed by atoms with Gasteiger partial charge in [0.15, 0.2) is 5.17 Å². The zero-order valence-electron chi connectivity index (χ0n) is 12.5. The van der Waals surface area contributed by atoms with E-state index in [1.165, 1.54) is 12.8 Å². The number of hydrogen-bond acceptors (Lipinski definition) is 5. The summed E-state index contributed by atoms with van der Waals surface area (Å²) in [4.78, 5) is 11.1. The Morgan fingerprint density at radius 2 is 2.32 bits per heavy atom. The zero-order chi connectivity index (χ0) is 15.5. The average molecular weight is 337 g/mol. The lowest BCUT2D eigenvalue weighted by molar-refractivity contribution is 0.309. The van der Waals surface area contributed by atoms with Crippen molar-refractivity contribution >= 4 is 28.5 Å². The van der Waals surface area contributed by atoms with Crippen molar-refractivity contribution in [3.05, 3.63) is 35.2 Å². The minimum absolute atomic E-state index is 0.535. The second kappa shape index (κ2) is 6.71. The van der Waals surface area contributed by atoms with Crippen LogP contribution in [0.4, 0.5) is 0 Å². The van der Waals surface area contributed by atoms with Gasteiger partial charge in [0.1, 0.15) is 0 Å². The van der Waals surface area contributed by atoms with Crippen LogP contribution in [0.1, 0.15) is 18.7 Å². The molecule has 0 unspecified atom stereocenters. The van der Waals surface area contributed by atoms with Crippen LogP contribution in [-0.4, -0.2) is 39.6 Å². The fourth-order valence-electron chi connectivity index (χ4n) is 2.29. The monoisotopic (exact) mass is 336 g/mol. The molecule has 1 aliphatic carbocycles. The van der Waals surface area contributed by atoms with E-state index >= 15 is 0 Å². The molecule has 2 aromatic rings. The first kappa shape index (κ1) is 15.4. The van der Waals surface area contributed by atoms with Crippen LogP contribution >= 0.6 is 23.4 Å². The standard InChI is InChI=1S/C15H17ClN4OS/c1-17-15(22-2)20(12-6-7-12)9-13-18-14(19-21-13)10-4-3-5-11(16)8-10/h3-5,8,12H,6-7,9H2,1-2H3. The topological polar surface area (TPSA) is 54.5 Å². The van der Waals surface area contributed by atoms with Gasteiger partial charge in [-0.1, -0.05) is 40.7 Å². The van der Waals surface area contributed by atoms with Crippen molar-refractivity contribution in [2.75, 3.05) is 13.3 Å². The Morgan fingerprint density at radius 1 is 1.50 bits per heavy atom. The number of nitrogens with zero attached hydrogens (tertiary/aromatic N) is 4. The average Bonchev–Trinajstić information content (AvgIpc) is 3.26. The molecular formula is C15H17ClN4OS. The number of hydrogen-bond donors (Lipinski definition) is 0. The Labute approximate surface area is 138 Å². The van der Waals surface area contributed by atoms with E-state index < -0.39 is 0 Å². The smallest absolute Gasteiger partial charge is 0.246 e. The second-order valence-electron chi connectivity index (χ2n) is 5.09. The molecule has 0 saturated heterocycles. The van der Waals surface area contributed by atoms with Gasteiger partial charge in [-0.3, -0.25) is 4.99 Å². The highest BCUT2D eigenvalue weighted by atomic mass is 35.5. The van der Waals surface area contributed by atoms with Crippen LogP contribution in [-0.2, 0) is 6.54 Å². The van der Waals surface area contributed by atoms with Crippen molar-refractivity contribution in [2.45, 2.75) is 25.4 Å². The second-order valence-corrected chi connectivity index (χ2v) is 6.30. The van der Waals surface area contributed by atoms with Gasteiger partial charge < -0.3 is 9.42 Å². The summed E-state index contributed by atoms with van der Waals surface area (Å²) in [6.07, 6.45) is 4.41. The number of halogens is 1. The van der Waals surface area contributed by atoms with Gasteiger partial charge >= 0.3 is 0 Å². The highest BCUT2D eigenvalue weighted by Gasteiger charge is 2.32. The molecule has 116 valence electrons. The summed E-state index contributed by atoms with van der Waals surface area (Å²) in [6, 6.07) is 7.98. The molecule has 0 radical (unpaired) electrons. The molecule has 1 saturated carbocycles. The molecule has 7 heteroatoms. The molecule has 5 nitrogen and oxygen atoms in total. The number of amidine groups is 1. The Morgan fingerprint density at radius 3 is 2.95 bits per heavy atom. The molecule has 1 aliphatic rings. The van der Waals surface area contributed by atoms with E-state index in [1.54, 1.807) is 11.8 Å². The largest absolute Gasteiger partial charge is 0.339 e. The van der Waals surface area contributed by atoms with E-state index in [2.05, 4.69) is 20.0 Å². The van der Waals surface area contributed by atoms with Gasteiger partial charge in [-0.25, -0.2) is 0 Å². The number of thioether (sulfide) groups is 1. The molecule has 0 amide bonds. The molecule has 0 atom stereocenters. The molecule has 0 aliphatic heterocycles. The molecule has 1 heterocycles. The molecule has 0 bridgehead atoms. The van der Waals surface area contributed by atoms with Gasteiger partial charge in [-0.2, -0.15) is 4.98 Å². The third kappa shape index (κ3) is 3.44. The van der Waals surface area contributed by atoms with Crippen molar-refractivity contribution in [2.24, 2.45) is 4.99 Å². The zero-order valence-corrected chi connectivity index (χ0v) is 14.1. The minimum Gasteiger partial charge on any atom is -0.339 e. The van der Waals surface area contributed by atoms with Crippen molar-refractivity contribution in [1.82, 2.24) is 15.0 Å². The van der Waals surface area contributed by atoms with Crippen LogP contribution in [0.2, 0.25) is 5.02 Å².